The van der Waals surface area contributed by atoms with Crippen LogP contribution in [0.25, 0.3) is 0 Å². The van der Waals surface area contributed by atoms with Crippen molar-refractivity contribution >= 4 is 5.91 Å². The molecule has 0 bridgehead atoms. The smallest absolute Gasteiger partial charge is 0.220 e. The third-order valence-corrected chi connectivity index (χ3v) is 10.7. The molecule has 0 aromatic heterocycles. The van der Waals surface area contributed by atoms with Gasteiger partial charge in [0, 0.05) is 6.42 Å². The topological polar surface area (TPSA) is 89.8 Å². The fraction of sp³-hybridized carbons (Fsp3) is 0.854. The van der Waals surface area contributed by atoms with Gasteiger partial charge >= 0.3 is 0 Å². The number of aliphatic hydroxyl groups excluding tert-OH is 3. The van der Waals surface area contributed by atoms with E-state index in [9.17, 15) is 20.1 Å². The fourth-order valence-electron chi connectivity index (χ4n) is 7.06. The van der Waals surface area contributed by atoms with Gasteiger partial charge in [0.15, 0.2) is 0 Å². The first-order valence-electron chi connectivity index (χ1n) is 23.3. The average molecular weight is 746 g/mol. The number of carbonyl (C=O) groups is 1. The van der Waals surface area contributed by atoms with Crippen molar-refractivity contribution in [2.75, 3.05) is 6.61 Å². The molecule has 0 saturated heterocycles. The zero-order valence-corrected chi connectivity index (χ0v) is 35.4. The first-order valence-corrected chi connectivity index (χ1v) is 23.3. The van der Waals surface area contributed by atoms with E-state index in [1.165, 1.54) is 167 Å². The van der Waals surface area contributed by atoms with Gasteiger partial charge in [-0.1, -0.05) is 192 Å². The molecule has 0 rings (SSSR count). The number of hydrogen-bond acceptors (Lipinski definition) is 4. The van der Waals surface area contributed by atoms with Crippen LogP contribution in [0.2, 0.25) is 0 Å². The van der Waals surface area contributed by atoms with Crippen LogP contribution in [0.15, 0.2) is 36.5 Å². The van der Waals surface area contributed by atoms with E-state index in [4.69, 9.17) is 0 Å². The summed E-state index contributed by atoms with van der Waals surface area (Å²) in [6.45, 7) is 4.17. The second kappa shape index (κ2) is 43.3. The highest BCUT2D eigenvalue weighted by Crippen LogP contribution is 2.15. The lowest BCUT2D eigenvalue weighted by Gasteiger charge is -2.26. The fourth-order valence-corrected chi connectivity index (χ4v) is 7.06. The maximum absolute atomic E-state index is 12.4. The summed E-state index contributed by atoms with van der Waals surface area (Å²) < 4.78 is 0. The lowest BCUT2D eigenvalue weighted by Crippen LogP contribution is -2.50. The Morgan fingerprint density at radius 2 is 0.774 bits per heavy atom. The first-order chi connectivity index (χ1) is 26.1. The summed E-state index contributed by atoms with van der Waals surface area (Å²) in [7, 11) is 0. The van der Waals surface area contributed by atoms with E-state index >= 15 is 0 Å². The summed E-state index contributed by atoms with van der Waals surface area (Å²) >= 11 is 0. The molecule has 0 aliphatic heterocycles. The molecule has 0 saturated carbocycles. The second-order valence-corrected chi connectivity index (χ2v) is 15.9. The largest absolute Gasteiger partial charge is 0.394 e. The maximum atomic E-state index is 12.4. The highest BCUT2D eigenvalue weighted by atomic mass is 16.3. The lowest BCUT2D eigenvalue weighted by atomic mass is 10.0. The van der Waals surface area contributed by atoms with Crippen molar-refractivity contribution in [2.45, 2.75) is 257 Å². The molecule has 312 valence electrons. The van der Waals surface area contributed by atoms with Gasteiger partial charge in [-0.05, 0) is 77.0 Å². The molecule has 0 radical (unpaired) electrons. The molecular formula is C48H91NO4. The van der Waals surface area contributed by atoms with Crippen molar-refractivity contribution in [1.29, 1.82) is 0 Å². The van der Waals surface area contributed by atoms with Crippen LogP contribution in [0.1, 0.15) is 239 Å². The standard InChI is InChI=1S/C48H91NO4/c1-3-5-7-9-11-13-15-17-19-21-22-23-24-25-27-28-30-32-34-36-38-40-42-46(51)48(53)45(44-50)49-47(52)43-41-39-37-35-33-31-29-26-20-18-16-14-12-10-8-6-4-2/h18,20,27-28,34,36,45-46,48,50-51,53H,3-17,19,21-26,29-33,35,37-44H2,1-2H3,(H,49,52)/b20-18-,28-27+,36-34+. The van der Waals surface area contributed by atoms with Gasteiger partial charge in [0.05, 0.1) is 18.8 Å². The molecule has 3 atom stereocenters. The van der Waals surface area contributed by atoms with Gasteiger partial charge in [0.2, 0.25) is 5.91 Å². The van der Waals surface area contributed by atoms with E-state index < -0.39 is 18.2 Å². The Labute approximate surface area is 330 Å². The summed E-state index contributed by atoms with van der Waals surface area (Å²) in [6.07, 6.45) is 54.0. The molecule has 0 aliphatic rings. The molecule has 0 fully saturated rings. The highest BCUT2D eigenvalue weighted by molar-refractivity contribution is 5.76. The third kappa shape index (κ3) is 38.6. The summed E-state index contributed by atoms with van der Waals surface area (Å²) in [5, 5.41) is 33.5. The molecule has 0 aromatic carbocycles. The minimum Gasteiger partial charge on any atom is -0.394 e. The average Bonchev–Trinajstić information content (AvgIpc) is 3.16. The van der Waals surface area contributed by atoms with Crippen molar-refractivity contribution < 1.29 is 20.1 Å². The number of nitrogens with one attached hydrogen (secondary N) is 1. The predicted molar refractivity (Wildman–Crippen MR) is 231 cm³/mol. The van der Waals surface area contributed by atoms with Crippen LogP contribution in [0.4, 0.5) is 0 Å². The van der Waals surface area contributed by atoms with Gasteiger partial charge in [-0.3, -0.25) is 4.79 Å². The van der Waals surface area contributed by atoms with E-state index in [1.807, 2.05) is 0 Å². The maximum Gasteiger partial charge on any atom is 0.220 e. The van der Waals surface area contributed by atoms with Crippen LogP contribution in [0.5, 0.6) is 0 Å². The molecule has 1 amide bonds. The van der Waals surface area contributed by atoms with Crippen molar-refractivity contribution in [3.63, 3.8) is 0 Å². The minimum atomic E-state index is -1.17. The van der Waals surface area contributed by atoms with Gasteiger partial charge in [0.1, 0.15) is 6.10 Å². The second-order valence-electron chi connectivity index (χ2n) is 15.9. The van der Waals surface area contributed by atoms with Crippen molar-refractivity contribution in [3.05, 3.63) is 36.5 Å². The highest BCUT2D eigenvalue weighted by Gasteiger charge is 2.26. The number of allylic oxidation sites excluding steroid dienone is 6. The molecule has 0 spiro atoms. The molecule has 0 aromatic rings. The van der Waals surface area contributed by atoms with Gasteiger partial charge < -0.3 is 20.6 Å². The molecule has 53 heavy (non-hydrogen) atoms. The number of amides is 1. The molecule has 5 heteroatoms. The molecule has 3 unspecified atom stereocenters. The van der Waals surface area contributed by atoms with Crippen LogP contribution < -0.4 is 5.32 Å². The van der Waals surface area contributed by atoms with E-state index in [-0.39, 0.29) is 12.5 Å². The van der Waals surface area contributed by atoms with Crippen LogP contribution >= 0.6 is 0 Å². The Morgan fingerprint density at radius 3 is 1.15 bits per heavy atom. The first kappa shape index (κ1) is 51.6. The third-order valence-electron chi connectivity index (χ3n) is 10.7. The van der Waals surface area contributed by atoms with Crippen LogP contribution in [-0.2, 0) is 4.79 Å². The van der Waals surface area contributed by atoms with Crippen LogP contribution in [0, 0.1) is 0 Å². The normalized spacial score (nSPS) is 13.8. The molecule has 4 N–H and O–H groups in total. The zero-order chi connectivity index (χ0) is 38.7. The quantitative estimate of drug-likeness (QED) is 0.0370. The lowest BCUT2D eigenvalue weighted by molar-refractivity contribution is -0.124. The van der Waals surface area contributed by atoms with Crippen molar-refractivity contribution in [1.82, 2.24) is 5.32 Å². The molecule has 5 nitrogen and oxygen atoms in total. The number of aliphatic hydroxyl groups is 3. The van der Waals surface area contributed by atoms with Crippen LogP contribution in [0.3, 0.4) is 0 Å². The number of unbranched alkanes of at least 4 members (excludes halogenated alkanes) is 28. The van der Waals surface area contributed by atoms with Gasteiger partial charge in [0.25, 0.3) is 0 Å². The van der Waals surface area contributed by atoms with Gasteiger partial charge in [-0.25, -0.2) is 0 Å². The number of carbonyl (C=O) groups excluding carboxylic acids is 1. The summed E-state index contributed by atoms with van der Waals surface area (Å²) in [5.41, 5.74) is 0. The summed E-state index contributed by atoms with van der Waals surface area (Å²) in [6, 6.07) is -0.834. The SMILES string of the molecule is CCCCCCCC/C=C\CCCCCCCCCC(=O)NC(CO)C(O)C(O)CCC/C=C/CC/C=C/CCCCCCCCCCCCCCC. The summed E-state index contributed by atoms with van der Waals surface area (Å²) in [4.78, 5) is 12.4. The van der Waals surface area contributed by atoms with E-state index in [0.717, 1.165) is 44.9 Å². The zero-order valence-electron chi connectivity index (χ0n) is 35.4. The Kier molecular flexibility index (Phi) is 42.1. The Morgan fingerprint density at radius 1 is 0.453 bits per heavy atom. The monoisotopic (exact) mass is 746 g/mol. The molecule has 0 heterocycles. The number of rotatable bonds is 42. The Bertz CT molecular complexity index is 824. The predicted octanol–water partition coefficient (Wildman–Crippen LogP) is 13.5. The minimum absolute atomic E-state index is 0.163. The number of hydrogen-bond donors (Lipinski definition) is 4. The van der Waals surface area contributed by atoms with Gasteiger partial charge in [-0.15, -0.1) is 0 Å². The Balaban J connectivity index is 3.68. The molecular weight excluding hydrogens is 655 g/mol. The Hall–Kier alpha value is -1.43. The van der Waals surface area contributed by atoms with Gasteiger partial charge in [-0.2, -0.15) is 0 Å². The van der Waals surface area contributed by atoms with E-state index in [0.29, 0.717) is 12.8 Å². The molecule has 0 aliphatic carbocycles. The van der Waals surface area contributed by atoms with E-state index in [1.54, 1.807) is 0 Å². The van der Waals surface area contributed by atoms with Crippen LogP contribution in [-0.4, -0.2) is 46.1 Å². The van der Waals surface area contributed by atoms with Crippen molar-refractivity contribution in [3.8, 4) is 0 Å². The van der Waals surface area contributed by atoms with Crippen molar-refractivity contribution in [2.24, 2.45) is 0 Å². The summed E-state index contributed by atoms with van der Waals surface area (Å²) in [5.74, 6) is -0.163. The van der Waals surface area contributed by atoms with E-state index in [2.05, 4.69) is 55.6 Å².